The summed E-state index contributed by atoms with van der Waals surface area (Å²) in [6, 6.07) is 2.15. The largest absolute Gasteiger partial charge is 0.462 e. The lowest BCUT2D eigenvalue weighted by atomic mass is 9.72. The third-order valence-corrected chi connectivity index (χ3v) is 10.1. The maximum atomic E-state index is 12.2. The van der Waals surface area contributed by atoms with Crippen molar-refractivity contribution in [2.45, 2.75) is 132 Å². The highest BCUT2D eigenvalue weighted by atomic mass is 16.6. The molecule has 2 bridgehead atoms. The Morgan fingerprint density at radius 1 is 0.947 bits per heavy atom. The van der Waals surface area contributed by atoms with Crippen LogP contribution in [0.2, 0.25) is 0 Å². The fourth-order valence-electron chi connectivity index (χ4n) is 6.22. The first-order valence-electron chi connectivity index (χ1n) is 14.6. The number of nitriles is 1. The Hall–Kier alpha value is -2.10. The van der Waals surface area contributed by atoms with Crippen LogP contribution in [-0.2, 0) is 28.6 Å². The van der Waals surface area contributed by atoms with Gasteiger partial charge in [-0.3, -0.25) is 14.4 Å². The van der Waals surface area contributed by atoms with Gasteiger partial charge < -0.3 is 14.2 Å². The van der Waals surface area contributed by atoms with Crippen LogP contribution in [0.3, 0.4) is 0 Å². The van der Waals surface area contributed by atoms with Gasteiger partial charge in [0.05, 0.1) is 16.9 Å². The van der Waals surface area contributed by atoms with Crippen LogP contribution in [0.4, 0.5) is 0 Å². The number of rotatable bonds is 6. The van der Waals surface area contributed by atoms with E-state index in [9.17, 15) is 19.6 Å². The SMILES string of the molecule is CCC(C)(C)C(=O)OC1C2CC3C1OC(=O)C3(C#N)C2.CCC(C)(C)C(=O)OC1CCC(C(C)(C)C)CC1. The molecular formula is C31H49NO6. The molecule has 3 aliphatic carbocycles. The van der Waals surface area contributed by atoms with Gasteiger partial charge in [0, 0.05) is 11.8 Å². The zero-order valence-electron chi connectivity index (χ0n) is 25.0. The second-order valence-electron chi connectivity index (χ2n) is 14.3. The highest BCUT2D eigenvalue weighted by Gasteiger charge is 2.72. The van der Waals surface area contributed by atoms with E-state index >= 15 is 0 Å². The van der Waals surface area contributed by atoms with Gasteiger partial charge >= 0.3 is 17.9 Å². The fourth-order valence-corrected chi connectivity index (χ4v) is 6.22. The molecule has 1 heterocycles. The molecule has 4 aliphatic rings. The summed E-state index contributed by atoms with van der Waals surface area (Å²) < 4.78 is 16.7. The van der Waals surface area contributed by atoms with Gasteiger partial charge in [-0.1, -0.05) is 34.6 Å². The molecule has 5 atom stereocenters. The smallest absolute Gasteiger partial charge is 0.327 e. The number of hydrogen-bond donors (Lipinski definition) is 0. The number of esters is 3. The highest BCUT2D eigenvalue weighted by Crippen LogP contribution is 2.62. The van der Waals surface area contributed by atoms with Crippen molar-refractivity contribution >= 4 is 17.9 Å². The van der Waals surface area contributed by atoms with E-state index in [0.29, 0.717) is 18.3 Å². The van der Waals surface area contributed by atoms with Crippen molar-refractivity contribution in [2.24, 2.45) is 39.4 Å². The molecule has 0 spiro atoms. The van der Waals surface area contributed by atoms with Crippen molar-refractivity contribution in [2.75, 3.05) is 0 Å². The molecule has 0 N–H and O–H groups in total. The van der Waals surface area contributed by atoms with Gasteiger partial charge in [0.1, 0.15) is 18.3 Å². The number of fused-ring (bicyclic) bond motifs is 1. The van der Waals surface area contributed by atoms with Gasteiger partial charge in [-0.2, -0.15) is 5.26 Å². The number of carbonyl (C=O) groups is 3. The summed E-state index contributed by atoms with van der Waals surface area (Å²) in [5.41, 5.74) is -1.45. The summed E-state index contributed by atoms with van der Waals surface area (Å²) in [7, 11) is 0. The van der Waals surface area contributed by atoms with Crippen LogP contribution < -0.4 is 0 Å². The van der Waals surface area contributed by atoms with Gasteiger partial charge in [0.2, 0.25) is 0 Å². The molecule has 1 saturated heterocycles. The molecule has 0 aromatic carbocycles. The Labute approximate surface area is 229 Å². The Kier molecular flexibility index (Phi) is 8.66. The molecule has 7 nitrogen and oxygen atoms in total. The molecule has 4 fully saturated rings. The first kappa shape index (κ1) is 30.4. The zero-order valence-corrected chi connectivity index (χ0v) is 25.0. The molecule has 214 valence electrons. The van der Waals surface area contributed by atoms with E-state index in [2.05, 4.69) is 26.8 Å². The molecule has 4 rings (SSSR count). The lowest BCUT2D eigenvalue weighted by Crippen LogP contribution is -2.42. The van der Waals surface area contributed by atoms with Crippen molar-refractivity contribution in [1.82, 2.24) is 0 Å². The molecule has 3 saturated carbocycles. The first-order valence-corrected chi connectivity index (χ1v) is 14.6. The number of nitrogens with zero attached hydrogens (tertiary/aromatic N) is 1. The summed E-state index contributed by atoms with van der Waals surface area (Å²) in [5, 5.41) is 9.31. The lowest BCUT2D eigenvalue weighted by Gasteiger charge is -2.37. The monoisotopic (exact) mass is 531 g/mol. The number of carbonyl (C=O) groups excluding carboxylic acids is 3. The molecule has 1 aliphatic heterocycles. The van der Waals surface area contributed by atoms with Crippen LogP contribution in [0.5, 0.6) is 0 Å². The predicted molar refractivity (Wildman–Crippen MR) is 143 cm³/mol. The maximum Gasteiger partial charge on any atom is 0.327 e. The van der Waals surface area contributed by atoms with Gasteiger partial charge in [0.15, 0.2) is 5.41 Å². The van der Waals surface area contributed by atoms with E-state index in [-0.39, 0.29) is 41.4 Å². The minimum absolute atomic E-state index is 0.0239. The summed E-state index contributed by atoms with van der Waals surface area (Å²) >= 11 is 0. The number of ether oxygens (including phenoxy) is 3. The van der Waals surface area contributed by atoms with Gasteiger partial charge in [-0.05, 0) is 90.4 Å². The van der Waals surface area contributed by atoms with E-state index in [0.717, 1.165) is 31.6 Å². The van der Waals surface area contributed by atoms with Crippen LogP contribution in [0, 0.1) is 50.7 Å². The van der Waals surface area contributed by atoms with Crippen molar-refractivity contribution in [1.29, 1.82) is 5.26 Å². The van der Waals surface area contributed by atoms with Crippen LogP contribution in [0.1, 0.15) is 114 Å². The molecule has 0 aromatic rings. The fraction of sp³-hybridized carbons (Fsp3) is 0.871. The minimum Gasteiger partial charge on any atom is -0.462 e. The summed E-state index contributed by atoms with van der Waals surface area (Å²) in [5.74, 6) is 0.0462. The third-order valence-electron chi connectivity index (χ3n) is 10.1. The average Bonchev–Trinajstić information content (AvgIpc) is 3.46. The van der Waals surface area contributed by atoms with Crippen LogP contribution in [0.25, 0.3) is 0 Å². The number of hydrogen-bond acceptors (Lipinski definition) is 7. The summed E-state index contributed by atoms with van der Waals surface area (Å²) in [4.78, 5) is 36.2. The van der Waals surface area contributed by atoms with Crippen LogP contribution in [-0.4, -0.2) is 36.2 Å². The van der Waals surface area contributed by atoms with E-state index in [1.54, 1.807) is 0 Å². The highest BCUT2D eigenvalue weighted by molar-refractivity contribution is 5.84. The zero-order chi connectivity index (χ0) is 28.7. The minimum atomic E-state index is -0.974. The molecule has 0 radical (unpaired) electrons. The van der Waals surface area contributed by atoms with E-state index in [1.165, 1.54) is 12.8 Å². The van der Waals surface area contributed by atoms with E-state index < -0.39 is 22.9 Å². The van der Waals surface area contributed by atoms with Gasteiger partial charge in [-0.15, -0.1) is 0 Å². The summed E-state index contributed by atoms with van der Waals surface area (Å²) in [6.45, 7) is 18.5. The lowest BCUT2D eigenvalue weighted by molar-refractivity contribution is -0.170. The quantitative estimate of drug-likeness (QED) is 0.289. The van der Waals surface area contributed by atoms with Crippen molar-refractivity contribution in [3.05, 3.63) is 0 Å². The van der Waals surface area contributed by atoms with Crippen LogP contribution >= 0.6 is 0 Å². The van der Waals surface area contributed by atoms with E-state index in [4.69, 9.17) is 14.2 Å². The molecular weight excluding hydrogens is 482 g/mol. The standard InChI is InChI=1S/C16H30O2.C15H19NO4/c1-7-16(5,6)14(17)18-13-10-8-12(9-11-13)15(2,3)4;1-4-14(2,3)12(17)19-10-8-5-9-11(10)20-13(18)15(9,6-8)7-16/h12-13H,7-11H2,1-6H3;8-11H,4-6H2,1-3H3. The van der Waals surface area contributed by atoms with Crippen molar-refractivity contribution < 1.29 is 28.6 Å². The average molecular weight is 532 g/mol. The first-order chi connectivity index (χ1) is 17.5. The molecule has 0 amide bonds. The van der Waals surface area contributed by atoms with Gasteiger partial charge in [0.25, 0.3) is 0 Å². The van der Waals surface area contributed by atoms with Crippen LogP contribution in [0.15, 0.2) is 0 Å². The molecule has 5 unspecified atom stereocenters. The normalized spacial score (nSPS) is 34.1. The second kappa shape index (κ2) is 10.8. The van der Waals surface area contributed by atoms with Gasteiger partial charge in [-0.25, -0.2) is 0 Å². The van der Waals surface area contributed by atoms with Crippen molar-refractivity contribution in [3.8, 4) is 6.07 Å². The predicted octanol–water partition coefficient (Wildman–Crippen LogP) is 6.38. The summed E-state index contributed by atoms with van der Waals surface area (Å²) in [6.07, 6.45) is 6.55. The maximum absolute atomic E-state index is 12.2. The second-order valence-corrected chi connectivity index (χ2v) is 14.3. The molecule has 0 aromatic heterocycles. The Balaban J connectivity index is 0.000000212. The molecule has 38 heavy (non-hydrogen) atoms. The topological polar surface area (TPSA) is 103 Å². The third kappa shape index (κ3) is 5.75. The van der Waals surface area contributed by atoms with Crippen molar-refractivity contribution in [3.63, 3.8) is 0 Å². The Morgan fingerprint density at radius 3 is 1.95 bits per heavy atom. The molecule has 7 heteroatoms. The Bertz CT molecular complexity index is 948. The van der Waals surface area contributed by atoms with E-state index in [1.807, 2.05) is 41.5 Å². The Morgan fingerprint density at radius 2 is 1.47 bits per heavy atom.